The first kappa shape index (κ1) is 9.80. The highest BCUT2D eigenvalue weighted by atomic mass is 79.9. The molecule has 14 heavy (non-hydrogen) atoms. The number of benzene rings is 1. The molecule has 0 atom stereocenters. The third kappa shape index (κ3) is 1.72. The van der Waals surface area contributed by atoms with Gasteiger partial charge in [0.1, 0.15) is 11.6 Å². The van der Waals surface area contributed by atoms with E-state index in [2.05, 4.69) is 22.0 Å². The maximum atomic E-state index is 13.3. The van der Waals surface area contributed by atoms with Crippen LogP contribution in [0.3, 0.4) is 0 Å². The molecule has 0 bridgehead atoms. The van der Waals surface area contributed by atoms with Crippen LogP contribution in [0.1, 0.15) is 0 Å². The zero-order chi connectivity index (χ0) is 10.1. The summed E-state index contributed by atoms with van der Waals surface area (Å²) in [6, 6.07) is 6.65. The van der Waals surface area contributed by atoms with E-state index in [0.717, 1.165) is 0 Å². The van der Waals surface area contributed by atoms with Gasteiger partial charge >= 0.3 is 0 Å². The number of halogens is 3. The monoisotopic (exact) mass is 273 g/mol. The Hall–Kier alpha value is -0.740. The molecule has 1 heterocycles. The lowest BCUT2D eigenvalue weighted by molar-refractivity contribution is 0.590. The van der Waals surface area contributed by atoms with Crippen molar-refractivity contribution in [2.45, 2.75) is 0 Å². The second kappa shape index (κ2) is 3.79. The van der Waals surface area contributed by atoms with Gasteiger partial charge in [-0.05, 0) is 28.1 Å². The van der Waals surface area contributed by atoms with Gasteiger partial charge in [-0.2, -0.15) is 0 Å². The molecule has 0 nitrogen and oxygen atoms in total. The average molecular weight is 274 g/mol. The molecule has 1 aromatic heterocycles. The fourth-order valence-corrected chi connectivity index (χ4v) is 2.49. The van der Waals surface area contributed by atoms with Gasteiger partial charge < -0.3 is 0 Å². The van der Waals surface area contributed by atoms with Crippen molar-refractivity contribution in [2.75, 3.05) is 0 Å². The summed E-state index contributed by atoms with van der Waals surface area (Å²) >= 11 is 4.44. The topological polar surface area (TPSA) is 0 Å². The van der Waals surface area contributed by atoms with Gasteiger partial charge in [0.05, 0.1) is 5.56 Å². The number of hydrogen-bond donors (Lipinski definition) is 0. The summed E-state index contributed by atoms with van der Waals surface area (Å²) in [6.45, 7) is 0. The minimum absolute atomic E-state index is 0.0109. The zero-order valence-electron chi connectivity index (χ0n) is 6.85. The molecule has 0 unspecified atom stereocenters. The Balaban J connectivity index is 2.61. The van der Waals surface area contributed by atoms with Crippen molar-refractivity contribution in [3.05, 3.63) is 45.8 Å². The van der Waals surface area contributed by atoms with Gasteiger partial charge in [-0.25, -0.2) is 8.78 Å². The fourth-order valence-electron chi connectivity index (χ4n) is 1.11. The predicted octanol–water partition coefficient (Wildman–Crippen LogP) is 4.26. The quantitative estimate of drug-likeness (QED) is 0.729. The van der Waals surface area contributed by atoms with Crippen LogP contribution in [0.2, 0.25) is 0 Å². The van der Waals surface area contributed by atoms with Crippen LogP contribution in [0, 0.1) is 17.7 Å². The van der Waals surface area contributed by atoms with Gasteiger partial charge in [-0.1, -0.05) is 6.07 Å². The third-order valence-corrected chi connectivity index (χ3v) is 3.33. The van der Waals surface area contributed by atoms with E-state index in [1.54, 1.807) is 5.38 Å². The first-order chi connectivity index (χ1) is 6.68. The van der Waals surface area contributed by atoms with Crippen molar-refractivity contribution in [1.29, 1.82) is 0 Å². The molecule has 0 amide bonds. The van der Waals surface area contributed by atoms with Crippen LogP contribution in [0.25, 0.3) is 10.4 Å². The predicted molar refractivity (Wildman–Crippen MR) is 56.2 cm³/mol. The van der Waals surface area contributed by atoms with Crippen LogP contribution in [-0.2, 0) is 0 Å². The smallest absolute Gasteiger partial charge is 0.134 e. The molecular formula is C10H4BrF2S. The second-order valence-corrected chi connectivity index (χ2v) is 4.37. The van der Waals surface area contributed by atoms with Crippen molar-refractivity contribution < 1.29 is 8.78 Å². The summed E-state index contributed by atoms with van der Waals surface area (Å²) in [6.07, 6.45) is 0. The Labute approximate surface area is 92.3 Å². The van der Waals surface area contributed by atoms with Crippen molar-refractivity contribution in [2.24, 2.45) is 0 Å². The van der Waals surface area contributed by atoms with E-state index in [-0.39, 0.29) is 5.56 Å². The molecule has 0 aliphatic heterocycles. The molecule has 1 aromatic carbocycles. The summed E-state index contributed by atoms with van der Waals surface area (Å²) in [7, 11) is 0. The molecule has 71 valence electrons. The minimum atomic E-state index is -0.560. The van der Waals surface area contributed by atoms with E-state index in [0.29, 0.717) is 9.35 Å². The highest BCUT2D eigenvalue weighted by Gasteiger charge is 2.12. The van der Waals surface area contributed by atoms with Gasteiger partial charge in [0.15, 0.2) is 0 Å². The summed E-state index contributed by atoms with van der Waals surface area (Å²) in [5.41, 5.74) is -0.0109. The van der Waals surface area contributed by atoms with Crippen LogP contribution in [0.4, 0.5) is 8.78 Å². The van der Waals surface area contributed by atoms with Crippen LogP contribution in [0.5, 0.6) is 0 Å². The summed E-state index contributed by atoms with van der Waals surface area (Å²) in [5.74, 6) is -1.12. The molecule has 4 heteroatoms. The highest BCUT2D eigenvalue weighted by molar-refractivity contribution is 9.10. The van der Waals surface area contributed by atoms with Crippen molar-refractivity contribution in [1.82, 2.24) is 0 Å². The Kier molecular flexibility index (Phi) is 2.65. The Morgan fingerprint density at radius 1 is 1.21 bits per heavy atom. The van der Waals surface area contributed by atoms with E-state index < -0.39 is 11.6 Å². The van der Waals surface area contributed by atoms with Crippen LogP contribution < -0.4 is 0 Å². The lowest BCUT2D eigenvalue weighted by Crippen LogP contribution is -1.86. The van der Waals surface area contributed by atoms with Crippen molar-refractivity contribution in [3.8, 4) is 10.4 Å². The Morgan fingerprint density at radius 3 is 2.36 bits per heavy atom. The summed E-state index contributed by atoms with van der Waals surface area (Å²) < 4.78 is 27.3. The van der Waals surface area contributed by atoms with E-state index >= 15 is 0 Å². The van der Waals surface area contributed by atoms with E-state index in [9.17, 15) is 8.78 Å². The molecule has 0 saturated heterocycles. The van der Waals surface area contributed by atoms with Gasteiger partial charge in [-0.15, -0.1) is 11.3 Å². The lowest BCUT2D eigenvalue weighted by atomic mass is 10.1. The molecule has 0 spiro atoms. The van der Waals surface area contributed by atoms with E-state index in [1.165, 1.54) is 29.5 Å². The Bertz CT molecular complexity index is 445. The Morgan fingerprint density at radius 2 is 1.86 bits per heavy atom. The number of hydrogen-bond acceptors (Lipinski definition) is 1. The standard InChI is InChI=1S/C10H4BrF2S/c11-6-4-9(14-5-6)10-7(12)2-1-3-8(10)13/h1-3,5H. The lowest BCUT2D eigenvalue weighted by Gasteiger charge is -2.00. The fraction of sp³-hybridized carbons (Fsp3) is 0. The second-order valence-electron chi connectivity index (χ2n) is 2.63. The van der Waals surface area contributed by atoms with Crippen LogP contribution >= 0.6 is 27.3 Å². The minimum Gasteiger partial charge on any atom is -0.206 e. The molecule has 0 aliphatic rings. The first-order valence-corrected chi connectivity index (χ1v) is 5.46. The van der Waals surface area contributed by atoms with Crippen LogP contribution in [0.15, 0.2) is 28.1 Å². The molecule has 0 aliphatic carbocycles. The molecule has 0 fully saturated rings. The van der Waals surface area contributed by atoms with Gasteiger partial charge in [0, 0.05) is 20.8 Å². The molecular weight excluding hydrogens is 270 g/mol. The maximum absolute atomic E-state index is 13.3. The molecule has 0 N–H and O–H groups in total. The van der Waals surface area contributed by atoms with Gasteiger partial charge in [0.25, 0.3) is 0 Å². The summed E-state index contributed by atoms with van der Waals surface area (Å²) in [4.78, 5) is 0.465. The first-order valence-electron chi connectivity index (χ1n) is 3.79. The van der Waals surface area contributed by atoms with Crippen molar-refractivity contribution >= 4 is 27.3 Å². The summed E-state index contributed by atoms with van der Waals surface area (Å²) in [5, 5.41) is 1.74. The van der Waals surface area contributed by atoms with Crippen molar-refractivity contribution in [3.63, 3.8) is 0 Å². The number of rotatable bonds is 1. The molecule has 0 saturated carbocycles. The zero-order valence-corrected chi connectivity index (χ0v) is 9.25. The molecule has 1 radical (unpaired) electrons. The van der Waals surface area contributed by atoms with Crippen LogP contribution in [-0.4, -0.2) is 0 Å². The SMILES string of the molecule is Fc1cccc(F)c1-c1[c]c(Br)cs1. The molecule has 2 aromatic rings. The van der Waals surface area contributed by atoms with E-state index in [1.807, 2.05) is 0 Å². The highest BCUT2D eigenvalue weighted by Crippen LogP contribution is 2.32. The average Bonchev–Trinajstić information content (AvgIpc) is 2.51. The third-order valence-electron chi connectivity index (χ3n) is 1.70. The van der Waals surface area contributed by atoms with Gasteiger partial charge in [0.2, 0.25) is 0 Å². The van der Waals surface area contributed by atoms with Gasteiger partial charge in [-0.3, -0.25) is 0 Å². The largest absolute Gasteiger partial charge is 0.206 e. The van der Waals surface area contributed by atoms with E-state index in [4.69, 9.17) is 0 Å². The normalized spacial score (nSPS) is 10.5. The maximum Gasteiger partial charge on any atom is 0.134 e. The molecule has 2 rings (SSSR count). The number of thiophene rings is 1.